The first-order valence-corrected chi connectivity index (χ1v) is 4.05. The van der Waals surface area contributed by atoms with Gasteiger partial charge in [-0.2, -0.15) is 0 Å². The van der Waals surface area contributed by atoms with Gasteiger partial charge in [-0.3, -0.25) is 0 Å². The lowest BCUT2D eigenvalue weighted by atomic mass is 9.99. The predicted octanol–water partition coefficient (Wildman–Crippen LogP) is 3.17. The Balaban J connectivity index is 2.89. The van der Waals surface area contributed by atoms with E-state index in [4.69, 9.17) is 5.11 Å². The summed E-state index contributed by atoms with van der Waals surface area (Å²) in [7, 11) is 0. The Hall–Kier alpha value is -1.24. The summed E-state index contributed by atoms with van der Waals surface area (Å²) in [6.07, 6.45) is 0. The van der Waals surface area contributed by atoms with Gasteiger partial charge in [0.2, 0.25) is 0 Å². The fraction of sp³-hybridized carbons (Fsp3) is 0.273. The second-order valence-corrected chi connectivity index (χ2v) is 3.12. The summed E-state index contributed by atoms with van der Waals surface area (Å²) in [4.78, 5) is 0. The molecule has 1 heteroatoms. The van der Waals surface area contributed by atoms with Crippen molar-refractivity contribution in [2.75, 3.05) is 0 Å². The molecule has 12 heavy (non-hydrogen) atoms. The second-order valence-electron chi connectivity index (χ2n) is 3.12. The summed E-state index contributed by atoms with van der Waals surface area (Å²) >= 11 is 0. The average molecular weight is 162 g/mol. The van der Waals surface area contributed by atoms with Crippen LogP contribution in [0.4, 0.5) is 0 Å². The molecular formula is C11H14O. The molecule has 0 amide bonds. The molecular weight excluding hydrogens is 148 g/mol. The minimum Gasteiger partial charge on any atom is -0.512 e. The highest BCUT2D eigenvalue weighted by atomic mass is 16.3. The van der Waals surface area contributed by atoms with Gasteiger partial charge in [-0.15, -0.1) is 0 Å². The molecule has 1 nitrogen and oxygen atoms in total. The minimum absolute atomic E-state index is 0.0330. The van der Waals surface area contributed by atoms with E-state index in [1.807, 2.05) is 38.1 Å². The number of aliphatic hydroxyl groups is 1. The van der Waals surface area contributed by atoms with E-state index in [9.17, 15) is 0 Å². The van der Waals surface area contributed by atoms with E-state index in [0.29, 0.717) is 0 Å². The minimum atomic E-state index is 0.0330. The van der Waals surface area contributed by atoms with Crippen molar-refractivity contribution in [3.63, 3.8) is 0 Å². The van der Waals surface area contributed by atoms with Crippen LogP contribution in [0.3, 0.4) is 0 Å². The van der Waals surface area contributed by atoms with Crippen molar-refractivity contribution in [1.82, 2.24) is 0 Å². The van der Waals surface area contributed by atoms with E-state index in [2.05, 4.69) is 6.58 Å². The molecule has 1 aromatic carbocycles. The van der Waals surface area contributed by atoms with Gasteiger partial charge in [0.25, 0.3) is 0 Å². The molecule has 0 radical (unpaired) electrons. The van der Waals surface area contributed by atoms with Crippen molar-refractivity contribution in [2.45, 2.75) is 19.8 Å². The van der Waals surface area contributed by atoms with Crippen LogP contribution in [0.5, 0.6) is 0 Å². The third-order valence-electron chi connectivity index (χ3n) is 2.08. The fourth-order valence-electron chi connectivity index (χ4n) is 1.05. The largest absolute Gasteiger partial charge is 0.512 e. The monoisotopic (exact) mass is 162 g/mol. The van der Waals surface area contributed by atoms with Crippen LogP contribution in [0.25, 0.3) is 0 Å². The van der Waals surface area contributed by atoms with Crippen LogP contribution >= 0.6 is 0 Å². The van der Waals surface area contributed by atoms with Crippen LogP contribution < -0.4 is 0 Å². The number of rotatable bonds is 2. The van der Waals surface area contributed by atoms with Crippen molar-refractivity contribution in [3.8, 4) is 0 Å². The van der Waals surface area contributed by atoms with E-state index >= 15 is 0 Å². The molecule has 0 saturated carbocycles. The highest BCUT2D eigenvalue weighted by molar-refractivity contribution is 5.27. The summed E-state index contributed by atoms with van der Waals surface area (Å²) in [6.45, 7) is 7.49. The van der Waals surface area contributed by atoms with E-state index in [-0.39, 0.29) is 11.7 Å². The number of hydrogen-bond acceptors (Lipinski definition) is 1. The number of aryl methyl sites for hydroxylation is 1. The van der Waals surface area contributed by atoms with E-state index in [1.165, 1.54) is 5.56 Å². The topological polar surface area (TPSA) is 20.2 Å². The summed E-state index contributed by atoms with van der Waals surface area (Å²) in [5, 5.41) is 9.15. The van der Waals surface area contributed by atoms with Crippen molar-refractivity contribution in [1.29, 1.82) is 0 Å². The Morgan fingerprint density at radius 1 is 1.33 bits per heavy atom. The third kappa shape index (κ3) is 1.88. The zero-order chi connectivity index (χ0) is 9.14. The normalized spacial score (nSPS) is 12.5. The van der Waals surface area contributed by atoms with Crippen LogP contribution in [-0.2, 0) is 0 Å². The molecule has 64 valence electrons. The molecule has 0 heterocycles. The zero-order valence-electron chi connectivity index (χ0n) is 7.54. The van der Waals surface area contributed by atoms with Crippen molar-refractivity contribution < 1.29 is 5.11 Å². The molecule has 0 fully saturated rings. The maximum atomic E-state index is 9.15. The molecule has 0 bridgehead atoms. The summed E-state index contributed by atoms with van der Waals surface area (Å²) in [5.41, 5.74) is 2.34. The molecule has 0 aliphatic carbocycles. The van der Waals surface area contributed by atoms with E-state index in [0.717, 1.165) is 5.56 Å². The zero-order valence-corrected chi connectivity index (χ0v) is 7.54. The van der Waals surface area contributed by atoms with Crippen LogP contribution in [0.15, 0.2) is 36.6 Å². The SMILES string of the molecule is C=C(O)C(C)c1ccc(C)cc1. The van der Waals surface area contributed by atoms with Gasteiger partial charge in [0, 0.05) is 5.92 Å². The highest BCUT2D eigenvalue weighted by Gasteiger charge is 2.06. The van der Waals surface area contributed by atoms with Crippen LogP contribution in [0, 0.1) is 6.92 Å². The van der Waals surface area contributed by atoms with Crippen molar-refractivity contribution >= 4 is 0 Å². The summed E-state index contributed by atoms with van der Waals surface area (Å²) in [5.74, 6) is 0.254. The molecule has 1 rings (SSSR count). The van der Waals surface area contributed by atoms with Crippen LogP contribution in [0.1, 0.15) is 24.0 Å². The van der Waals surface area contributed by atoms with Gasteiger partial charge in [-0.25, -0.2) is 0 Å². The Kier molecular flexibility index (Phi) is 2.54. The van der Waals surface area contributed by atoms with Crippen molar-refractivity contribution in [3.05, 3.63) is 47.7 Å². The molecule has 0 aliphatic rings. The summed E-state index contributed by atoms with van der Waals surface area (Å²) in [6, 6.07) is 8.10. The maximum absolute atomic E-state index is 9.15. The number of allylic oxidation sites excluding steroid dienone is 1. The van der Waals surface area contributed by atoms with Gasteiger partial charge in [0.15, 0.2) is 0 Å². The smallest absolute Gasteiger partial charge is 0.0922 e. The Morgan fingerprint density at radius 3 is 2.25 bits per heavy atom. The van der Waals surface area contributed by atoms with Crippen LogP contribution in [-0.4, -0.2) is 5.11 Å². The van der Waals surface area contributed by atoms with Gasteiger partial charge in [-0.1, -0.05) is 43.3 Å². The Morgan fingerprint density at radius 2 is 1.83 bits per heavy atom. The Bertz CT molecular complexity index is 272. The molecule has 1 unspecified atom stereocenters. The number of aliphatic hydroxyl groups excluding tert-OH is 1. The molecule has 1 atom stereocenters. The molecule has 0 aliphatic heterocycles. The molecule has 1 N–H and O–H groups in total. The lowest BCUT2D eigenvalue weighted by Gasteiger charge is -2.09. The average Bonchev–Trinajstić information content (AvgIpc) is 2.04. The standard InChI is InChI=1S/C11H14O/c1-8-4-6-11(7-5-8)9(2)10(3)12/h4-7,9,12H,3H2,1-2H3. The van der Waals surface area contributed by atoms with Gasteiger partial charge in [0.1, 0.15) is 0 Å². The maximum Gasteiger partial charge on any atom is 0.0922 e. The van der Waals surface area contributed by atoms with Gasteiger partial charge >= 0.3 is 0 Å². The second kappa shape index (κ2) is 3.44. The number of benzene rings is 1. The van der Waals surface area contributed by atoms with Gasteiger partial charge in [0.05, 0.1) is 5.76 Å². The highest BCUT2D eigenvalue weighted by Crippen LogP contribution is 2.20. The molecule has 0 aromatic heterocycles. The summed E-state index contributed by atoms with van der Waals surface area (Å²) < 4.78 is 0. The van der Waals surface area contributed by atoms with Crippen molar-refractivity contribution in [2.24, 2.45) is 0 Å². The Labute approximate surface area is 73.4 Å². The van der Waals surface area contributed by atoms with E-state index in [1.54, 1.807) is 0 Å². The fourth-order valence-corrected chi connectivity index (χ4v) is 1.05. The van der Waals surface area contributed by atoms with Crippen LogP contribution in [0.2, 0.25) is 0 Å². The lowest BCUT2D eigenvalue weighted by molar-refractivity contribution is 0.378. The third-order valence-corrected chi connectivity index (χ3v) is 2.08. The quantitative estimate of drug-likeness (QED) is 0.662. The van der Waals surface area contributed by atoms with Gasteiger partial charge in [-0.05, 0) is 12.5 Å². The molecule has 0 spiro atoms. The molecule has 0 saturated heterocycles. The van der Waals surface area contributed by atoms with E-state index < -0.39 is 0 Å². The molecule has 1 aromatic rings. The predicted molar refractivity (Wildman–Crippen MR) is 51.4 cm³/mol. The first kappa shape index (κ1) is 8.85. The number of hydrogen-bond donors (Lipinski definition) is 1. The first-order valence-electron chi connectivity index (χ1n) is 4.05. The van der Waals surface area contributed by atoms with Gasteiger partial charge < -0.3 is 5.11 Å². The first-order chi connectivity index (χ1) is 5.61. The lowest BCUT2D eigenvalue weighted by Crippen LogP contribution is -1.95.